The fourth-order valence-corrected chi connectivity index (χ4v) is 3.21. The first-order valence-corrected chi connectivity index (χ1v) is 7.34. The number of nitrogens with zero attached hydrogens (tertiary/aromatic N) is 1. The maximum absolute atomic E-state index is 10.8. The van der Waals surface area contributed by atoms with Crippen LogP contribution in [0.2, 0.25) is 0 Å². The van der Waals surface area contributed by atoms with Gasteiger partial charge in [-0.2, -0.15) is 0 Å². The summed E-state index contributed by atoms with van der Waals surface area (Å²) in [5.74, 6) is 0.678. The van der Waals surface area contributed by atoms with E-state index in [4.69, 9.17) is 9.47 Å². The van der Waals surface area contributed by atoms with Crippen molar-refractivity contribution in [1.29, 1.82) is 0 Å². The lowest BCUT2D eigenvalue weighted by Gasteiger charge is -2.32. The van der Waals surface area contributed by atoms with Crippen LogP contribution in [0.5, 0.6) is 5.75 Å². The van der Waals surface area contributed by atoms with Crippen molar-refractivity contribution in [2.45, 2.75) is 37.9 Å². The number of rotatable bonds is 3. The zero-order chi connectivity index (χ0) is 14.9. The van der Waals surface area contributed by atoms with Crippen LogP contribution in [0, 0.1) is 17.0 Å². The van der Waals surface area contributed by atoms with Crippen molar-refractivity contribution < 1.29 is 14.4 Å². The molecule has 3 rings (SSSR count). The SMILES string of the molecule is Cc1cc(OC2COC3(CCNCC3)C2)ccc1[N+](=O)[O-]. The van der Waals surface area contributed by atoms with Gasteiger partial charge in [0.05, 0.1) is 17.1 Å². The molecule has 0 radical (unpaired) electrons. The van der Waals surface area contributed by atoms with Crippen molar-refractivity contribution in [1.82, 2.24) is 5.32 Å². The highest BCUT2D eigenvalue weighted by atomic mass is 16.6. The molecule has 0 bridgehead atoms. The molecule has 6 heteroatoms. The van der Waals surface area contributed by atoms with E-state index in [-0.39, 0.29) is 22.3 Å². The number of nitro benzene ring substituents is 1. The molecular weight excluding hydrogens is 272 g/mol. The van der Waals surface area contributed by atoms with Crippen LogP contribution in [0.3, 0.4) is 0 Å². The average molecular weight is 292 g/mol. The monoisotopic (exact) mass is 292 g/mol. The minimum Gasteiger partial charge on any atom is -0.488 e. The standard InChI is InChI=1S/C15H20N2O4/c1-11-8-12(2-3-14(11)17(18)19)21-13-9-15(20-10-13)4-6-16-7-5-15/h2-3,8,13,16H,4-7,9-10H2,1H3. The van der Waals surface area contributed by atoms with Crippen molar-refractivity contribution in [3.05, 3.63) is 33.9 Å². The maximum atomic E-state index is 10.8. The third-order valence-electron chi connectivity index (χ3n) is 4.36. The second-order valence-electron chi connectivity index (χ2n) is 5.89. The average Bonchev–Trinajstić information content (AvgIpc) is 2.82. The molecule has 0 aromatic heterocycles. The Morgan fingerprint density at radius 2 is 2.19 bits per heavy atom. The molecule has 2 heterocycles. The molecule has 1 unspecified atom stereocenters. The minimum absolute atomic E-state index is 0.0314. The first kappa shape index (κ1) is 14.3. The second kappa shape index (κ2) is 5.61. The number of nitrogens with one attached hydrogen (secondary N) is 1. The van der Waals surface area contributed by atoms with Gasteiger partial charge in [0.2, 0.25) is 0 Å². The van der Waals surface area contributed by atoms with Crippen LogP contribution in [0.15, 0.2) is 18.2 Å². The van der Waals surface area contributed by atoms with E-state index in [0.29, 0.717) is 17.9 Å². The predicted molar refractivity (Wildman–Crippen MR) is 77.7 cm³/mol. The summed E-state index contributed by atoms with van der Waals surface area (Å²) >= 11 is 0. The van der Waals surface area contributed by atoms with Gasteiger partial charge in [-0.1, -0.05) is 0 Å². The number of benzene rings is 1. The van der Waals surface area contributed by atoms with Gasteiger partial charge in [-0.25, -0.2) is 0 Å². The highest BCUT2D eigenvalue weighted by Crippen LogP contribution is 2.36. The van der Waals surface area contributed by atoms with E-state index in [1.807, 2.05) is 0 Å². The molecule has 1 spiro atoms. The Morgan fingerprint density at radius 3 is 2.86 bits per heavy atom. The van der Waals surface area contributed by atoms with Crippen molar-refractivity contribution in [3.8, 4) is 5.75 Å². The van der Waals surface area contributed by atoms with Gasteiger partial charge in [-0.3, -0.25) is 10.1 Å². The van der Waals surface area contributed by atoms with Crippen molar-refractivity contribution in [2.24, 2.45) is 0 Å². The van der Waals surface area contributed by atoms with Gasteiger partial charge >= 0.3 is 0 Å². The fraction of sp³-hybridized carbons (Fsp3) is 0.600. The van der Waals surface area contributed by atoms with Gasteiger partial charge < -0.3 is 14.8 Å². The molecule has 2 saturated heterocycles. The molecular formula is C15H20N2O4. The molecule has 114 valence electrons. The van der Waals surface area contributed by atoms with E-state index in [1.165, 1.54) is 6.07 Å². The van der Waals surface area contributed by atoms with Crippen molar-refractivity contribution in [2.75, 3.05) is 19.7 Å². The molecule has 1 aromatic rings. The summed E-state index contributed by atoms with van der Waals surface area (Å²) in [4.78, 5) is 10.4. The van der Waals surface area contributed by atoms with Gasteiger partial charge in [-0.05, 0) is 45.0 Å². The Bertz CT molecular complexity index is 540. The summed E-state index contributed by atoms with van der Waals surface area (Å²) < 4.78 is 11.9. The lowest BCUT2D eigenvalue weighted by atomic mass is 9.89. The third-order valence-corrected chi connectivity index (χ3v) is 4.36. The van der Waals surface area contributed by atoms with Crippen LogP contribution < -0.4 is 10.1 Å². The predicted octanol–water partition coefficient (Wildman–Crippen LogP) is 2.19. The Labute approximate surface area is 123 Å². The van der Waals surface area contributed by atoms with Gasteiger partial charge in [-0.15, -0.1) is 0 Å². The summed E-state index contributed by atoms with van der Waals surface area (Å²) in [5, 5.41) is 14.2. The van der Waals surface area contributed by atoms with Crippen LogP contribution in [0.25, 0.3) is 0 Å². The fourth-order valence-electron chi connectivity index (χ4n) is 3.21. The molecule has 1 atom stereocenters. The van der Waals surface area contributed by atoms with E-state index < -0.39 is 0 Å². The van der Waals surface area contributed by atoms with Crippen LogP contribution in [0.4, 0.5) is 5.69 Å². The first-order valence-electron chi connectivity index (χ1n) is 7.34. The largest absolute Gasteiger partial charge is 0.488 e. The molecule has 0 saturated carbocycles. The number of aryl methyl sites for hydroxylation is 1. The zero-order valence-electron chi connectivity index (χ0n) is 12.1. The Balaban J connectivity index is 1.65. The molecule has 6 nitrogen and oxygen atoms in total. The van der Waals surface area contributed by atoms with Gasteiger partial charge in [0.15, 0.2) is 0 Å². The van der Waals surface area contributed by atoms with Crippen LogP contribution in [-0.4, -0.2) is 36.3 Å². The summed E-state index contributed by atoms with van der Waals surface area (Å²) in [6.45, 7) is 4.30. The Hall–Kier alpha value is -1.66. The third kappa shape index (κ3) is 3.01. The van der Waals surface area contributed by atoms with Crippen LogP contribution >= 0.6 is 0 Å². The smallest absolute Gasteiger partial charge is 0.272 e. The van der Waals surface area contributed by atoms with Gasteiger partial charge in [0.1, 0.15) is 11.9 Å². The molecule has 1 aromatic carbocycles. The Kier molecular flexibility index (Phi) is 3.82. The minimum atomic E-state index is -0.373. The van der Waals surface area contributed by atoms with Crippen LogP contribution in [0.1, 0.15) is 24.8 Å². The summed E-state index contributed by atoms with van der Waals surface area (Å²) in [7, 11) is 0. The van der Waals surface area contributed by atoms with Crippen LogP contribution in [-0.2, 0) is 4.74 Å². The number of ether oxygens (including phenoxy) is 2. The molecule has 0 amide bonds. The lowest BCUT2D eigenvalue weighted by molar-refractivity contribution is -0.385. The normalized spacial score (nSPS) is 24.1. The number of nitro groups is 1. The highest BCUT2D eigenvalue weighted by molar-refractivity contribution is 5.44. The topological polar surface area (TPSA) is 73.6 Å². The van der Waals surface area contributed by atoms with E-state index in [9.17, 15) is 10.1 Å². The van der Waals surface area contributed by atoms with E-state index in [2.05, 4.69) is 5.32 Å². The highest BCUT2D eigenvalue weighted by Gasteiger charge is 2.42. The Morgan fingerprint density at radius 1 is 1.43 bits per heavy atom. The molecule has 2 aliphatic heterocycles. The number of piperidine rings is 1. The first-order chi connectivity index (χ1) is 10.1. The van der Waals surface area contributed by atoms with E-state index >= 15 is 0 Å². The quantitative estimate of drug-likeness (QED) is 0.683. The van der Waals surface area contributed by atoms with Gasteiger partial charge in [0, 0.05) is 18.1 Å². The van der Waals surface area contributed by atoms with E-state index in [0.717, 1.165) is 32.4 Å². The lowest BCUT2D eigenvalue weighted by Crippen LogP contribution is -2.41. The molecule has 1 N–H and O–H groups in total. The molecule has 2 fully saturated rings. The van der Waals surface area contributed by atoms with Gasteiger partial charge in [0.25, 0.3) is 5.69 Å². The van der Waals surface area contributed by atoms with Crippen molar-refractivity contribution in [3.63, 3.8) is 0 Å². The molecule has 21 heavy (non-hydrogen) atoms. The molecule has 2 aliphatic rings. The summed E-state index contributed by atoms with van der Waals surface area (Å²) in [6, 6.07) is 4.89. The number of hydrogen-bond donors (Lipinski definition) is 1. The van der Waals surface area contributed by atoms with E-state index in [1.54, 1.807) is 19.1 Å². The molecule has 0 aliphatic carbocycles. The number of hydrogen-bond acceptors (Lipinski definition) is 5. The zero-order valence-corrected chi connectivity index (χ0v) is 12.1. The van der Waals surface area contributed by atoms with Crippen molar-refractivity contribution >= 4 is 5.69 Å². The summed E-state index contributed by atoms with van der Waals surface area (Å²) in [6.07, 6.45) is 2.96. The second-order valence-corrected chi connectivity index (χ2v) is 5.89. The summed E-state index contributed by atoms with van der Waals surface area (Å²) in [5.41, 5.74) is 0.707. The maximum Gasteiger partial charge on any atom is 0.272 e.